The Labute approximate surface area is 144 Å². The predicted octanol–water partition coefficient (Wildman–Crippen LogP) is 0.172. The van der Waals surface area contributed by atoms with Gasteiger partial charge in [-0.1, -0.05) is 30.7 Å². The zero-order valence-corrected chi connectivity index (χ0v) is 14.0. The second kappa shape index (κ2) is 4.29. The lowest BCUT2D eigenvalue weighted by Gasteiger charge is -2.27. The first-order chi connectivity index (χ1) is 11.3. The van der Waals surface area contributed by atoms with E-state index in [1.807, 2.05) is 26.0 Å². The fourth-order valence-electron chi connectivity index (χ4n) is 4.72. The molecule has 0 unspecified atom stereocenters. The molecule has 1 aromatic carbocycles. The second-order valence-corrected chi connectivity index (χ2v) is 7.19. The molecule has 7 heteroatoms. The van der Waals surface area contributed by atoms with E-state index in [1.165, 1.54) is 0 Å². The second-order valence-electron chi connectivity index (χ2n) is 6.75. The number of nitrogens with two attached hydrogens (primary N) is 1. The van der Waals surface area contributed by atoms with Gasteiger partial charge in [-0.15, -0.1) is 0 Å². The molecule has 122 valence electrons. The maximum Gasteiger partial charge on any atom is 0.344 e. The van der Waals surface area contributed by atoms with Crippen molar-refractivity contribution in [1.82, 2.24) is 0 Å². The standard InChI is InChI=1S/C17H15ClN4O2/c1-10-7-23-17(24-10)16(9-20)14(2,11-3-5-12(18)6-4-11)15(16,8-19)13(21)22-17/h3-6,10H,7H2,1-2H3,(H2,21,22)/p+1/t10-,14-,15-,16+,17+/m0/s1. The predicted molar refractivity (Wildman–Crippen MR) is 84.3 cm³/mol. The molecular formula is C17H16ClN4O2+. The number of benzene rings is 1. The molecule has 0 amide bonds. The third-order valence-electron chi connectivity index (χ3n) is 5.84. The molecule has 2 fully saturated rings. The van der Waals surface area contributed by atoms with Crippen molar-refractivity contribution in [3.8, 4) is 12.1 Å². The highest BCUT2D eigenvalue weighted by Gasteiger charge is 3.03. The molecular weight excluding hydrogens is 328 g/mol. The zero-order valence-electron chi connectivity index (χ0n) is 13.3. The van der Waals surface area contributed by atoms with Gasteiger partial charge in [-0.3, -0.25) is 5.73 Å². The number of rotatable bonds is 1. The van der Waals surface area contributed by atoms with Crippen LogP contribution < -0.4 is 10.7 Å². The van der Waals surface area contributed by atoms with Crippen molar-refractivity contribution in [2.24, 2.45) is 16.6 Å². The van der Waals surface area contributed by atoms with Crippen LogP contribution in [-0.2, 0) is 14.9 Å². The number of amidine groups is 1. The van der Waals surface area contributed by atoms with Gasteiger partial charge in [0.15, 0.2) is 10.8 Å². The van der Waals surface area contributed by atoms with E-state index in [0.29, 0.717) is 11.6 Å². The van der Waals surface area contributed by atoms with Crippen molar-refractivity contribution in [2.45, 2.75) is 31.3 Å². The summed E-state index contributed by atoms with van der Waals surface area (Å²) in [6.45, 7) is 4.03. The van der Waals surface area contributed by atoms with Crippen molar-refractivity contribution in [3.63, 3.8) is 0 Å². The molecule has 0 bridgehead atoms. The van der Waals surface area contributed by atoms with Gasteiger partial charge in [0.25, 0.3) is 5.84 Å². The zero-order chi connectivity index (χ0) is 17.4. The van der Waals surface area contributed by atoms with Crippen LogP contribution in [0.5, 0.6) is 0 Å². The highest BCUT2D eigenvalue weighted by Crippen LogP contribution is 2.82. The molecule has 4 rings (SSSR count). The smallest absolute Gasteiger partial charge is 0.311 e. The van der Waals surface area contributed by atoms with Gasteiger partial charge in [0.2, 0.25) is 0 Å². The first-order valence-electron chi connectivity index (χ1n) is 7.66. The van der Waals surface area contributed by atoms with Gasteiger partial charge < -0.3 is 9.47 Å². The van der Waals surface area contributed by atoms with Crippen molar-refractivity contribution >= 4 is 17.4 Å². The minimum Gasteiger partial charge on any atom is -0.311 e. The minimum atomic E-state index is -1.42. The van der Waals surface area contributed by atoms with E-state index in [1.54, 1.807) is 12.1 Å². The first kappa shape index (κ1) is 15.4. The molecule has 2 heterocycles. The Hall–Kier alpha value is -2.12. The third kappa shape index (κ3) is 1.23. The van der Waals surface area contributed by atoms with Gasteiger partial charge >= 0.3 is 5.91 Å². The highest BCUT2D eigenvalue weighted by molar-refractivity contribution is 6.30. The summed E-state index contributed by atoms with van der Waals surface area (Å²) in [6, 6.07) is 11.7. The lowest BCUT2D eigenvalue weighted by atomic mass is 9.85. The Morgan fingerprint density at radius 1 is 1.29 bits per heavy atom. The molecule has 5 atom stereocenters. The third-order valence-corrected chi connectivity index (χ3v) is 6.09. The minimum absolute atomic E-state index is 0.207. The average Bonchev–Trinajstić information content (AvgIpc) is 2.75. The van der Waals surface area contributed by atoms with E-state index in [9.17, 15) is 10.5 Å². The number of halogens is 1. The number of hydrogen-bond donors (Lipinski definition) is 2. The molecule has 3 aliphatic rings. The molecule has 6 nitrogen and oxygen atoms in total. The van der Waals surface area contributed by atoms with Crippen LogP contribution in [0.1, 0.15) is 19.4 Å². The fourth-order valence-corrected chi connectivity index (χ4v) is 4.85. The summed E-state index contributed by atoms with van der Waals surface area (Å²) in [5, 5.41) is 20.7. The molecule has 1 saturated heterocycles. The number of ether oxygens (including phenoxy) is 2. The van der Waals surface area contributed by atoms with Gasteiger partial charge in [-0.05, 0) is 24.6 Å². The molecule has 24 heavy (non-hydrogen) atoms. The van der Waals surface area contributed by atoms with Crippen LogP contribution in [0.2, 0.25) is 5.02 Å². The van der Waals surface area contributed by atoms with Crippen molar-refractivity contribution in [2.75, 3.05) is 6.61 Å². The molecule has 1 aliphatic carbocycles. The Morgan fingerprint density at radius 2 is 1.96 bits per heavy atom. The topological polar surface area (TPSA) is 106 Å². The van der Waals surface area contributed by atoms with Gasteiger partial charge in [0.05, 0.1) is 30.3 Å². The summed E-state index contributed by atoms with van der Waals surface area (Å²) in [5.41, 5.74) is 3.60. The largest absolute Gasteiger partial charge is 0.344 e. The summed E-state index contributed by atoms with van der Waals surface area (Å²) >= 11 is 5.99. The van der Waals surface area contributed by atoms with Crippen LogP contribution in [0.15, 0.2) is 24.3 Å². The maximum atomic E-state index is 10.1. The van der Waals surface area contributed by atoms with Crippen LogP contribution in [0.3, 0.4) is 0 Å². The van der Waals surface area contributed by atoms with E-state index in [-0.39, 0.29) is 11.9 Å². The van der Waals surface area contributed by atoms with E-state index < -0.39 is 22.2 Å². The van der Waals surface area contributed by atoms with E-state index in [2.05, 4.69) is 17.1 Å². The van der Waals surface area contributed by atoms with Gasteiger partial charge in [-0.25, -0.2) is 4.99 Å². The molecule has 0 radical (unpaired) electrons. The summed E-state index contributed by atoms with van der Waals surface area (Å²) in [6.07, 6.45) is -0.208. The molecule has 1 aromatic rings. The summed E-state index contributed by atoms with van der Waals surface area (Å²) in [5.74, 6) is -1.21. The first-order valence-corrected chi connectivity index (χ1v) is 8.04. The van der Waals surface area contributed by atoms with E-state index >= 15 is 0 Å². The molecule has 2 aliphatic heterocycles. The average molecular weight is 344 g/mol. The van der Waals surface area contributed by atoms with Crippen LogP contribution in [-0.4, -0.2) is 24.5 Å². The number of nitriles is 2. The van der Waals surface area contributed by atoms with Gasteiger partial charge in [-0.2, -0.15) is 10.5 Å². The van der Waals surface area contributed by atoms with E-state index in [0.717, 1.165) is 5.56 Å². The summed E-state index contributed by atoms with van der Waals surface area (Å²) < 4.78 is 11.8. The number of fused-ring (bicyclic) bond motifs is 2. The Kier molecular flexibility index (Phi) is 2.75. The summed E-state index contributed by atoms with van der Waals surface area (Å²) in [7, 11) is 0. The van der Waals surface area contributed by atoms with Gasteiger partial charge in [0.1, 0.15) is 0 Å². The SMILES string of the molecule is C[C@H]1CO[C@@]2([NH+]=C(N)[C@@]3(C#N)[C@](C)(c4ccc(Cl)cc4)[C@@]23C#N)O1. The van der Waals surface area contributed by atoms with Crippen LogP contribution in [0.4, 0.5) is 0 Å². The van der Waals surface area contributed by atoms with Crippen molar-refractivity contribution < 1.29 is 14.5 Å². The van der Waals surface area contributed by atoms with Crippen molar-refractivity contribution in [1.29, 1.82) is 10.5 Å². The quantitative estimate of drug-likeness (QED) is 0.756. The molecule has 0 aromatic heterocycles. The van der Waals surface area contributed by atoms with E-state index in [4.69, 9.17) is 26.8 Å². The molecule has 1 saturated carbocycles. The Balaban J connectivity index is 1.98. The fraction of sp³-hybridized carbons (Fsp3) is 0.471. The highest BCUT2D eigenvalue weighted by atomic mass is 35.5. The monoisotopic (exact) mass is 343 g/mol. The Bertz CT molecular complexity index is 857. The Morgan fingerprint density at radius 3 is 2.46 bits per heavy atom. The normalized spacial score (nSPS) is 45.4. The lowest BCUT2D eigenvalue weighted by molar-refractivity contribution is -0.679. The van der Waals surface area contributed by atoms with Gasteiger partial charge in [0, 0.05) is 5.02 Å². The van der Waals surface area contributed by atoms with Crippen LogP contribution in [0.25, 0.3) is 0 Å². The van der Waals surface area contributed by atoms with Crippen molar-refractivity contribution in [3.05, 3.63) is 34.9 Å². The molecule has 3 N–H and O–H groups in total. The maximum absolute atomic E-state index is 10.1. The van der Waals surface area contributed by atoms with Crippen LogP contribution in [0, 0.1) is 33.5 Å². The number of nitrogens with zero attached hydrogens (tertiary/aromatic N) is 2. The summed E-state index contributed by atoms with van der Waals surface area (Å²) in [4.78, 5) is 2.96. The van der Waals surface area contributed by atoms with Crippen LogP contribution >= 0.6 is 11.6 Å². The lowest BCUT2D eigenvalue weighted by Crippen LogP contribution is -2.90. The molecule has 1 spiro atoms. The number of nitrogens with one attached hydrogen (secondary N) is 1. The number of hydrogen-bond acceptors (Lipinski definition) is 5.